The Labute approximate surface area is 173 Å². The number of carbonyl (C=O) groups is 2. The lowest BCUT2D eigenvalue weighted by Crippen LogP contribution is -2.48. The van der Waals surface area contributed by atoms with Crippen molar-refractivity contribution in [3.8, 4) is 11.5 Å². The van der Waals surface area contributed by atoms with Gasteiger partial charge >= 0.3 is 6.09 Å². The minimum Gasteiger partial charge on any atom is -0.493 e. The molecule has 0 atom stereocenters. The molecule has 0 aliphatic carbocycles. The topological polar surface area (TPSA) is 80.3 Å². The summed E-state index contributed by atoms with van der Waals surface area (Å²) in [6.45, 7) is 9.45. The van der Waals surface area contributed by atoms with E-state index in [1.165, 1.54) is 0 Å². The van der Waals surface area contributed by atoms with E-state index in [1.54, 1.807) is 35.0 Å². The van der Waals surface area contributed by atoms with Gasteiger partial charge in [-0.1, -0.05) is 6.07 Å². The number of piperazine rings is 1. The average Bonchev–Trinajstić information content (AvgIpc) is 2.67. The van der Waals surface area contributed by atoms with Crippen LogP contribution in [0.2, 0.25) is 0 Å². The Kier molecular flexibility index (Phi) is 8.13. The minimum absolute atomic E-state index is 0.0480. The molecule has 8 nitrogen and oxygen atoms in total. The van der Waals surface area contributed by atoms with Crippen LogP contribution >= 0.6 is 0 Å². The minimum atomic E-state index is -0.543. The zero-order chi connectivity index (χ0) is 21.4. The highest BCUT2D eigenvalue weighted by Gasteiger charge is 2.22. The Morgan fingerprint density at radius 1 is 1.03 bits per heavy atom. The predicted molar refractivity (Wildman–Crippen MR) is 110 cm³/mol. The second kappa shape index (κ2) is 10.3. The van der Waals surface area contributed by atoms with Gasteiger partial charge in [-0.15, -0.1) is 0 Å². The van der Waals surface area contributed by atoms with E-state index in [0.29, 0.717) is 18.8 Å². The van der Waals surface area contributed by atoms with E-state index in [-0.39, 0.29) is 18.9 Å². The second-order valence-corrected chi connectivity index (χ2v) is 8.02. The first kappa shape index (κ1) is 22.8. The number of alkyl carbamates (subject to hydrolysis) is 1. The molecule has 1 fully saturated rings. The van der Waals surface area contributed by atoms with Crippen LogP contribution in [0.5, 0.6) is 11.5 Å². The quantitative estimate of drug-likeness (QED) is 0.747. The number of hydrogen-bond acceptors (Lipinski definition) is 6. The molecule has 1 aliphatic rings. The van der Waals surface area contributed by atoms with Gasteiger partial charge in [0.1, 0.15) is 5.60 Å². The molecule has 0 saturated carbocycles. The summed E-state index contributed by atoms with van der Waals surface area (Å²) < 4.78 is 15.8. The Morgan fingerprint density at radius 2 is 1.69 bits per heavy atom. The van der Waals surface area contributed by atoms with Crippen LogP contribution in [0.4, 0.5) is 4.79 Å². The SMILES string of the molecule is COc1ccc(CN2CCN(C(=O)CCNC(=O)OC(C)(C)C)CC2)cc1OC. The maximum Gasteiger partial charge on any atom is 0.407 e. The van der Waals surface area contributed by atoms with Crippen molar-refractivity contribution >= 4 is 12.0 Å². The summed E-state index contributed by atoms with van der Waals surface area (Å²) >= 11 is 0. The first-order valence-electron chi connectivity index (χ1n) is 9.89. The van der Waals surface area contributed by atoms with Crippen molar-refractivity contribution in [2.75, 3.05) is 46.9 Å². The third kappa shape index (κ3) is 7.45. The van der Waals surface area contributed by atoms with Crippen LogP contribution in [0, 0.1) is 0 Å². The number of benzene rings is 1. The number of hydrogen-bond donors (Lipinski definition) is 1. The molecule has 2 rings (SSSR count). The van der Waals surface area contributed by atoms with E-state index in [1.807, 2.05) is 23.1 Å². The van der Waals surface area contributed by atoms with Crippen molar-refractivity contribution < 1.29 is 23.8 Å². The molecule has 1 aliphatic heterocycles. The zero-order valence-corrected chi connectivity index (χ0v) is 18.1. The van der Waals surface area contributed by atoms with Crippen LogP contribution in [0.15, 0.2) is 18.2 Å². The lowest BCUT2D eigenvalue weighted by molar-refractivity contribution is -0.132. The monoisotopic (exact) mass is 407 g/mol. The molecule has 0 spiro atoms. The first-order chi connectivity index (χ1) is 13.7. The lowest BCUT2D eigenvalue weighted by atomic mass is 10.1. The van der Waals surface area contributed by atoms with Gasteiger partial charge in [0.05, 0.1) is 14.2 Å². The molecule has 1 aromatic rings. The van der Waals surface area contributed by atoms with E-state index in [0.717, 1.165) is 30.9 Å². The van der Waals surface area contributed by atoms with Crippen molar-refractivity contribution in [3.63, 3.8) is 0 Å². The van der Waals surface area contributed by atoms with Gasteiger partial charge in [-0.25, -0.2) is 4.79 Å². The molecule has 0 aromatic heterocycles. The van der Waals surface area contributed by atoms with Crippen LogP contribution in [-0.2, 0) is 16.1 Å². The smallest absolute Gasteiger partial charge is 0.407 e. The standard InChI is InChI=1S/C21H33N3O5/c1-21(2,3)29-20(26)22-9-8-19(25)24-12-10-23(11-13-24)15-16-6-7-17(27-4)18(14-16)28-5/h6-7,14H,8-13,15H2,1-5H3,(H,22,26). The summed E-state index contributed by atoms with van der Waals surface area (Å²) in [4.78, 5) is 28.2. The third-order valence-electron chi connectivity index (χ3n) is 4.59. The fourth-order valence-electron chi connectivity index (χ4n) is 3.14. The normalized spacial score (nSPS) is 15.0. The highest BCUT2D eigenvalue weighted by atomic mass is 16.6. The number of ether oxygens (including phenoxy) is 3. The van der Waals surface area contributed by atoms with E-state index in [4.69, 9.17) is 14.2 Å². The van der Waals surface area contributed by atoms with Gasteiger partial charge in [-0.3, -0.25) is 9.69 Å². The summed E-state index contributed by atoms with van der Waals surface area (Å²) in [6, 6.07) is 5.92. The van der Waals surface area contributed by atoms with Gasteiger partial charge in [-0.05, 0) is 38.5 Å². The molecule has 1 aromatic carbocycles. The Morgan fingerprint density at radius 3 is 2.28 bits per heavy atom. The zero-order valence-electron chi connectivity index (χ0n) is 18.1. The molecule has 1 N–H and O–H groups in total. The van der Waals surface area contributed by atoms with E-state index < -0.39 is 11.7 Å². The summed E-state index contributed by atoms with van der Waals surface area (Å²) in [6.07, 6.45) is -0.223. The molecule has 8 heteroatoms. The van der Waals surface area contributed by atoms with Crippen LogP contribution in [-0.4, -0.2) is 74.3 Å². The van der Waals surface area contributed by atoms with Crippen molar-refractivity contribution in [1.29, 1.82) is 0 Å². The van der Waals surface area contributed by atoms with Gasteiger partial charge in [-0.2, -0.15) is 0 Å². The Hall–Kier alpha value is -2.48. The van der Waals surface area contributed by atoms with Crippen molar-refractivity contribution in [1.82, 2.24) is 15.1 Å². The fraction of sp³-hybridized carbons (Fsp3) is 0.619. The molecule has 1 saturated heterocycles. The van der Waals surface area contributed by atoms with Crippen LogP contribution < -0.4 is 14.8 Å². The molecule has 1 heterocycles. The maximum absolute atomic E-state index is 12.4. The lowest BCUT2D eigenvalue weighted by Gasteiger charge is -2.35. The van der Waals surface area contributed by atoms with E-state index >= 15 is 0 Å². The Balaban J connectivity index is 1.73. The number of nitrogens with one attached hydrogen (secondary N) is 1. The first-order valence-corrected chi connectivity index (χ1v) is 9.89. The maximum atomic E-state index is 12.4. The summed E-state index contributed by atoms with van der Waals surface area (Å²) in [5.41, 5.74) is 0.599. The molecule has 0 unspecified atom stereocenters. The summed E-state index contributed by atoms with van der Waals surface area (Å²) in [5.74, 6) is 1.48. The fourth-order valence-corrected chi connectivity index (χ4v) is 3.14. The van der Waals surface area contributed by atoms with Crippen LogP contribution in [0.25, 0.3) is 0 Å². The highest BCUT2D eigenvalue weighted by molar-refractivity contribution is 5.77. The van der Waals surface area contributed by atoms with Crippen LogP contribution in [0.1, 0.15) is 32.8 Å². The second-order valence-electron chi connectivity index (χ2n) is 8.02. The molecule has 0 radical (unpaired) electrons. The van der Waals surface area contributed by atoms with Crippen molar-refractivity contribution in [3.05, 3.63) is 23.8 Å². The van der Waals surface area contributed by atoms with Gasteiger partial charge in [0, 0.05) is 45.7 Å². The van der Waals surface area contributed by atoms with E-state index in [9.17, 15) is 9.59 Å². The third-order valence-corrected chi connectivity index (χ3v) is 4.59. The van der Waals surface area contributed by atoms with Gasteiger partial charge in [0.2, 0.25) is 5.91 Å². The Bertz CT molecular complexity index is 694. The average molecular weight is 408 g/mol. The molecule has 29 heavy (non-hydrogen) atoms. The number of nitrogens with zero attached hydrogens (tertiary/aromatic N) is 2. The van der Waals surface area contributed by atoms with Crippen molar-refractivity contribution in [2.24, 2.45) is 0 Å². The molecular formula is C21H33N3O5. The highest BCUT2D eigenvalue weighted by Crippen LogP contribution is 2.28. The number of rotatable bonds is 7. The largest absolute Gasteiger partial charge is 0.493 e. The van der Waals surface area contributed by atoms with Crippen LogP contribution in [0.3, 0.4) is 0 Å². The van der Waals surface area contributed by atoms with Crippen molar-refractivity contribution in [2.45, 2.75) is 39.3 Å². The van der Waals surface area contributed by atoms with Gasteiger partial charge in [0.25, 0.3) is 0 Å². The molecule has 0 bridgehead atoms. The molecular weight excluding hydrogens is 374 g/mol. The number of amides is 2. The number of methoxy groups -OCH3 is 2. The molecule has 162 valence electrons. The van der Waals surface area contributed by atoms with E-state index in [2.05, 4.69) is 10.2 Å². The summed E-state index contributed by atoms with van der Waals surface area (Å²) in [5, 5.41) is 2.63. The van der Waals surface area contributed by atoms with Gasteiger partial charge < -0.3 is 24.4 Å². The molecule has 2 amide bonds. The van der Waals surface area contributed by atoms with Gasteiger partial charge in [0.15, 0.2) is 11.5 Å². The summed E-state index contributed by atoms with van der Waals surface area (Å²) in [7, 11) is 3.25. The predicted octanol–water partition coefficient (Wildman–Crippen LogP) is 2.26. The number of carbonyl (C=O) groups excluding carboxylic acids is 2.